The van der Waals surface area contributed by atoms with Crippen molar-refractivity contribution < 1.29 is 14.3 Å². The summed E-state index contributed by atoms with van der Waals surface area (Å²) < 4.78 is 10.4. The average Bonchev–Trinajstić information content (AvgIpc) is 2.36. The van der Waals surface area contributed by atoms with Crippen LogP contribution < -0.4 is 10.1 Å². The molecule has 2 rings (SSSR count). The summed E-state index contributed by atoms with van der Waals surface area (Å²) in [5.74, 6) is 0.330. The van der Waals surface area contributed by atoms with Crippen LogP contribution in [0.1, 0.15) is 10.4 Å². The van der Waals surface area contributed by atoms with E-state index in [1.165, 1.54) is 0 Å². The first kappa shape index (κ1) is 13.5. The van der Waals surface area contributed by atoms with Crippen LogP contribution in [0.5, 0.6) is 5.75 Å². The summed E-state index contributed by atoms with van der Waals surface area (Å²) in [6, 6.07) is 5.18. The molecule has 19 heavy (non-hydrogen) atoms. The molecule has 1 heterocycles. The Balaban J connectivity index is 2.09. The maximum Gasteiger partial charge on any atom is 0.352 e. The van der Waals surface area contributed by atoms with Crippen LogP contribution in [0.3, 0.4) is 0 Å². The van der Waals surface area contributed by atoms with Gasteiger partial charge < -0.3 is 14.8 Å². The summed E-state index contributed by atoms with van der Waals surface area (Å²) in [5, 5.41) is 3.18. The number of benzene rings is 1. The molecule has 1 N–H and O–H groups in total. The molecule has 0 saturated carbocycles. The molecule has 0 atom stereocenters. The molecular formula is C14H17NO3Si. The Hall–Kier alpha value is -1.93. The third-order valence-electron chi connectivity index (χ3n) is 2.46. The van der Waals surface area contributed by atoms with Crippen molar-refractivity contribution in [2.75, 3.05) is 18.5 Å². The fourth-order valence-corrected chi connectivity index (χ4v) is 1.91. The molecule has 5 heteroatoms. The highest BCUT2D eigenvalue weighted by Crippen LogP contribution is 2.28. The molecule has 1 aliphatic heterocycles. The molecule has 0 amide bonds. The minimum Gasteiger partial charge on any atom is -0.490 e. The third-order valence-corrected chi connectivity index (χ3v) is 3.31. The third kappa shape index (κ3) is 3.76. The molecule has 0 spiro atoms. The zero-order chi connectivity index (χ0) is 13.9. The first-order valence-corrected chi connectivity index (χ1v) is 9.70. The number of carbonyl (C=O) groups is 1. The van der Waals surface area contributed by atoms with Crippen LogP contribution >= 0.6 is 0 Å². The van der Waals surface area contributed by atoms with Gasteiger partial charge in [0.25, 0.3) is 0 Å². The number of anilines is 1. The van der Waals surface area contributed by atoms with Crippen molar-refractivity contribution in [2.45, 2.75) is 19.6 Å². The van der Waals surface area contributed by atoms with E-state index in [0.717, 1.165) is 18.0 Å². The number of hydrogen-bond acceptors (Lipinski definition) is 4. The summed E-state index contributed by atoms with van der Waals surface area (Å²) in [5.41, 5.74) is 4.28. The number of nitrogens with one attached hydrogen (secondary N) is 1. The van der Waals surface area contributed by atoms with Crippen LogP contribution in [0.25, 0.3) is 0 Å². The van der Waals surface area contributed by atoms with Gasteiger partial charge in [-0.1, -0.05) is 25.2 Å². The second-order valence-electron chi connectivity index (χ2n) is 5.35. The lowest BCUT2D eigenvalue weighted by Crippen LogP contribution is -2.18. The van der Waals surface area contributed by atoms with E-state index in [2.05, 4.69) is 36.6 Å². The normalized spacial score (nSPS) is 13.2. The molecule has 100 valence electrons. The number of hydrogen-bond donors (Lipinski definition) is 1. The largest absolute Gasteiger partial charge is 0.490 e. The standard InChI is InChI=1S/C14H17NO3Si/c1-19(2,3)9-8-18-14(16)11-4-5-13-12(10-11)15-6-7-17-13/h4-5,10,15H,6-7H2,1-3H3. The van der Waals surface area contributed by atoms with Gasteiger partial charge in [-0.05, 0) is 18.2 Å². The Morgan fingerprint density at radius 3 is 2.95 bits per heavy atom. The van der Waals surface area contributed by atoms with Gasteiger partial charge in [0.1, 0.15) is 26.5 Å². The van der Waals surface area contributed by atoms with Crippen LogP contribution in [0.15, 0.2) is 18.2 Å². The van der Waals surface area contributed by atoms with Gasteiger partial charge in [-0.3, -0.25) is 0 Å². The highest BCUT2D eigenvalue weighted by atomic mass is 28.3. The quantitative estimate of drug-likeness (QED) is 0.486. The van der Waals surface area contributed by atoms with Gasteiger partial charge in [0.15, 0.2) is 0 Å². The molecule has 0 aromatic heterocycles. The fraction of sp³-hybridized carbons (Fsp3) is 0.357. The van der Waals surface area contributed by atoms with E-state index < -0.39 is 14.0 Å². The molecular weight excluding hydrogens is 258 g/mol. The van der Waals surface area contributed by atoms with Crippen molar-refractivity contribution in [3.63, 3.8) is 0 Å². The molecule has 0 fully saturated rings. The predicted octanol–water partition coefficient (Wildman–Crippen LogP) is 2.49. The van der Waals surface area contributed by atoms with Gasteiger partial charge in [-0.25, -0.2) is 4.79 Å². The summed E-state index contributed by atoms with van der Waals surface area (Å²) in [6.45, 7) is 7.65. The molecule has 4 nitrogen and oxygen atoms in total. The van der Waals surface area contributed by atoms with Crippen molar-refractivity contribution in [3.8, 4) is 17.4 Å². The fourth-order valence-electron chi connectivity index (χ4n) is 1.55. The summed E-state index contributed by atoms with van der Waals surface area (Å²) in [7, 11) is -1.52. The molecule has 1 aliphatic rings. The van der Waals surface area contributed by atoms with Gasteiger partial charge in [-0.2, -0.15) is 0 Å². The van der Waals surface area contributed by atoms with E-state index in [1.807, 2.05) is 0 Å². The Kier molecular flexibility index (Phi) is 3.81. The van der Waals surface area contributed by atoms with E-state index >= 15 is 0 Å². The van der Waals surface area contributed by atoms with Gasteiger partial charge in [0, 0.05) is 6.54 Å². The van der Waals surface area contributed by atoms with Crippen molar-refractivity contribution in [3.05, 3.63) is 23.8 Å². The Labute approximate surface area is 114 Å². The maximum atomic E-state index is 11.8. The topological polar surface area (TPSA) is 47.6 Å². The van der Waals surface area contributed by atoms with Crippen LogP contribution in [0.2, 0.25) is 19.6 Å². The lowest BCUT2D eigenvalue weighted by molar-refractivity contribution is 0.0691. The van der Waals surface area contributed by atoms with Crippen LogP contribution in [-0.4, -0.2) is 27.2 Å². The maximum absolute atomic E-state index is 11.8. The van der Waals surface area contributed by atoms with Gasteiger partial charge in [-0.15, -0.1) is 0 Å². The average molecular weight is 275 g/mol. The SMILES string of the molecule is C[Si](C)(C)C#COC(=O)c1ccc2c(c1)NCCO2. The summed E-state index contributed by atoms with van der Waals surface area (Å²) in [6.07, 6.45) is 2.51. The minimum absolute atomic E-state index is 0.430. The highest BCUT2D eigenvalue weighted by molar-refractivity contribution is 6.83. The van der Waals surface area contributed by atoms with Crippen LogP contribution in [0, 0.1) is 11.7 Å². The molecule has 0 unspecified atom stereocenters. The zero-order valence-electron chi connectivity index (χ0n) is 11.4. The monoisotopic (exact) mass is 275 g/mol. The number of carbonyl (C=O) groups excluding carboxylic acids is 1. The summed E-state index contributed by atoms with van der Waals surface area (Å²) >= 11 is 0. The van der Waals surface area contributed by atoms with E-state index in [0.29, 0.717) is 12.2 Å². The Bertz CT molecular complexity index is 552. The van der Waals surface area contributed by atoms with Crippen LogP contribution in [0.4, 0.5) is 5.69 Å². The molecule has 0 aliphatic carbocycles. The van der Waals surface area contributed by atoms with Crippen molar-refractivity contribution in [1.29, 1.82) is 0 Å². The lowest BCUT2D eigenvalue weighted by Gasteiger charge is -2.19. The molecule has 0 radical (unpaired) electrons. The molecule has 0 saturated heterocycles. The van der Waals surface area contributed by atoms with Crippen LogP contribution in [-0.2, 0) is 4.74 Å². The smallest absolute Gasteiger partial charge is 0.352 e. The minimum atomic E-state index is -1.52. The zero-order valence-corrected chi connectivity index (χ0v) is 12.4. The lowest BCUT2D eigenvalue weighted by atomic mass is 10.1. The Morgan fingerprint density at radius 1 is 1.42 bits per heavy atom. The highest BCUT2D eigenvalue weighted by Gasteiger charge is 2.14. The van der Waals surface area contributed by atoms with E-state index in [9.17, 15) is 4.79 Å². The first-order valence-electron chi connectivity index (χ1n) is 6.20. The van der Waals surface area contributed by atoms with E-state index in [-0.39, 0.29) is 0 Å². The molecule has 1 aromatic carbocycles. The first-order chi connectivity index (χ1) is 8.96. The number of esters is 1. The van der Waals surface area contributed by atoms with E-state index in [4.69, 9.17) is 9.47 Å². The van der Waals surface area contributed by atoms with Gasteiger partial charge in [0.2, 0.25) is 0 Å². The number of rotatable bonds is 1. The molecule has 0 bridgehead atoms. The van der Waals surface area contributed by atoms with Gasteiger partial charge >= 0.3 is 5.97 Å². The van der Waals surface area contributed by atoms with Crippen molar-refractivity contribution >= 4 is 19.7 Å². The number of fused-ring (bicyclic) bond motifs is 1. The second-order valence-corrected chi connectivity index (χ2v) is 10.1. The summed E-state index contributed by atoms with van der Waals surface area (Å²) in [4.78, 5) is 11.8. The predicted molar refractivity (Wildman–Crippen MR) is 77.0 cm³/mol. The van der Waals surface area contributed by atoms with E-state index in [1.54, 1.807) is 18.2 Å². The second kappa shape index (κ2) is 5.37. The van der Waals surface area contributed by atoms with Crippen molar-refractivity contribution in [2.24, 2.45) is 0 Å². The van der Waals surface area contributed by atoms with Crippen molar-refractivity contribution in [1.82, 2.24) is 0 Å². The Morgan fingerprint density at radius 2 is 2.21 bits per heavy atom. The molecule has 1 aromatic rings. The number of ether oxygens (including phenoxy) is 2. The van der Waals surface area contributed by atoms with Gasteiger partial charge in [0.05, 0.1) is 11.3 Å².